The molecule has 184 valence electrons. The number of nitrogens with one attached hydrogen (secondary N) is 2. The second kappa shape index (κ2) is 12.9. The lowest BCUT2D eigenvalue weighted by Gasteiger charge is -2.21. The summed E-state index contributed by atoms with van der Waals surface area (Å²) in [5.74, 6) is 0.616. The highest BCUT2D eigenvalue weighted by Gasteiger charge is 2.25. The molecule has 1 heterocycles. The topological polar surface area (TPSA) is 88.9 Å². The fraction of sp³-hybridized carbons (Fsp3) is 0.280. The van der Waals surface area contributed by atoms with Crippen LogP contribution in [-0.2, 0) is 11.3 Å². The van der Waals surface area contributed by atoms with Gasteiger partial charge in [-0.3, -0.25) is 9.59 Å². The van der Waals surface area contributed by atoms with Gasteiger partial charge in [-0.1, -0.05) is 71.3 Å². The summed E-state index contributed by atoms with van der Waals surface area (Å²) in [6.45, 7) is 8.43. The van der Waals surface area contributed by atoms with Crippen LogP contribution in [0, 0.1) is 5.92 Å². The average Bonchev–Trinajstić information content (AvgIpc) is 3.21. The molecule has 35 heavy (non-hydrogen) atoms. The summed E-state index contributed by atoms with van der Waals surface area (Å²) in [5, 5.41) is 15.6. The first kappa shape index (κ1) is 27.0. The highest BCUT2D eigenvalue weighted by Crippen LogP contribution is 2.26. The van der Waals surface area contributed by atoms with Crippen molar-refractivity contribution in [2.24, 2.45) is 5.92 Å². The number of amides is 2. The number of hydrogen-bond acceptors (Lipinski definition) is 5. The number of halogens is 2. The SMILES string of the molecule is C=CCn1c(SCC(=O)Nc2ccc(Br)cc2)nnc1[C@@H](CC(C)C)NC(=O)c1ccccc1Cl. The molecule has 0 aliphatic carbocycles. The molecule has 1 aromatic heterocycles. The fourth-order valence-electron chi connectivity index (χ4n) is 3.41. The van der Waals surface area contributed by atoms with Crippen LogP contribution >= 0.6 is 39.3 Å². The van der Waals surface area contributed by atoms with Gasteiger partial charge in [0.1, 0.15) is 0 Å². The Morgan fingerprint density at radius 2 is 1.89 bits per heavy atom. The minimum absolute atomic E-state index is 0.155. The molecule has 0 bridgehead atoms. The first-order chi connectivity index (χ1) is 16.8. The molecule has 2 aromatic carbocycles. The predicted molar refractivity (Wildman–Crippen MR) is 145 cm³/mol. The van der Waals surface area contributed by atoms with E-state index in [0.29, 0.717) is 40.2 Å². The van der Waals surface area contributed by atoms with Gasteiger partial charge in [0.2, 0.25) is 5.91 Å². The molecule has 0 unspecified atom stereocenters. The van der Waals surface area contributed by atoms with Crippen LogP contribution in [0.5, 0.6) is 0 Å². The predicted octanol–water partition coefficient (Wildman–Crippen LogP) is 6.13. The van der Waals surface area contributed by atoms with Gasteiger partial charge in [0.25, 0.3) is 5.91 Å². The standard InChI is InChI=1S/C25H27BrClN5O2S/c1-4-13-32-23(21(14-16(2)3)29-24(34)19-7-5-6-8-20(19)27)30-31-25(32)35-15-22(33)28-18-11-9-17(26)10-12-18/h4-12,16,21H,1,13-15H2,2-3H3,(H,28,33)(H,29,34)/t21-/m1/s1. The van der Waals surface area contributed by atoms with Gasteiger partial charge >= 0.3 is 0 Å². The number of allylic oxidation sites excluding steroid dienone is 1. The highest BCUT2D eigenvalue weighted by atomic mass is 79.9. The number of hydrogen-bond donors (Lipinski definition) is 2. The summed E-state index contributed by atoms with van der Waals surface area (Å²) in [4.78, 5) is 25.5. The third-order valence-electron chi connectivity index (χ3n) is 4.96. The second-order valence-electron chi connectivity index (χ2n) is 8.22. The molecule has 3 aromatic rings. The summed E-state index contributed by atoms with van der Waals surface area (Å²) in [7, 11) is 0. The Labute approximate surface area is 222 Å². The van der Waals surface area contributed by atoms with Gasteiger partial charge in [-0.2, -0.15) is 0 Å². The monoisotopic (exact) mass is 575 g/mol. The molecule has 0 radical (unpaired) electrons. The van der Waals surface area contributed by atoms with Gasteiger partial charge in [0, 0.05) is 16.7 Å². The van der Waals surface area contributed by atoms with E-state index in [4.69, 9.17) is 11.6 Å². The van der Waals surface area contributed by atoms with E-state index >= 15 is 0 Å². The Morgan fingerprint density at radius 1 is 1.17 bits per heavy atom. The summed E-state index contributed by atoms with van der Waals surface area (Å²) < 4.78 is 2.82. The van der Waals surface area contributed by atoms with E-state index in [2.05, 4.69) is 57.2 Å². The maximum atomic E-state index is 13.0. The van der Waals surface area contributed by atoms with Gasteiger partial charge < -0.3 is 15.2 Å². The number of rotatable bonds is 11. The molecule has 3 rings (SSSR count). The number of carbonyl (C=O) groups is 2. The van der Waals surface area contributed by atoms with Crippen molar-refractivity contribution in [2.45, 2.75) is 38.0 Å². The van der Waals surface area contributed by atoms with Crippen molar-refractivity contribution in [1.29, 1.82) is 0 Å². The van der Waals surface area contributed by atoms with Crippen molar-refractivity contribution < 1.29 is 9.59 Å². The van der Waals surface area contributed by atoms with Crippen molar-refractivity contribution in [3.8, 4) is 0 Å². The van der Waals surface area contributed by atoms with Crippen LogP contribution in [0.1, 0.15) is 42.5 Å². The average molecular weight is 577 g/mol. The molecular weight excluding hydrogens is 550 g/mol. The zero-order chi connectivity index (χ0) is 25.4. The first-order valence-electron chi connectivity index (χ1n) is 11.1. The van der Waals surface area contributed by atoms with E-state index in [9.17, 15) is 9.59 Å². The first-order valence-corrected chi connectivity index (χ1v) is 13.2. The minimum atomic E-state index is -0.392. The summed E-state index contributed by atoms with van der Waals surface area (Å²) in [6, 6.07) is 13.9. The molecule has 2 N–H and O–H groups in total. The van der Waals surface area contributed by atoms with E-state index < -0.39 is 6.04 Å². The van der Waals surface area contributed by atoms with Crippen molar-refractivity contribution >= 4 is 56.8 Å². The van der Waals surface area contributed by atoms with Crippen molar-refractivity contribution in [3.63, 3.8) is 0 Å². The highest BCUT2D eigenvalue weighted by molar-refractivity contribution is 9.10. The van der Waals surface area contributed by atoms with E-state index in [1.54, 1.807) is 30.3 Å². The summed E-state index contributed by atoms with van der Waals surface area (Å²) in [5.41, 5.74) is 1.11. The molecule has 2 amide bonds. The maximum Gasteiger partial charge on any atom is 0.253 e. The van der Waals surface area contributed by atoms with Crippen LogP contribution in [0.15, 0.2) is 70.8 Å². The maximum absolute atomic E-state index is 13.0. The lowest BCUT2D eigenvalue weighted by Crippen LogP contribution is -2.32. The Hall–Kier alpha value is -2.62. The van der Waals surface area contributed by atoms with Crippen molar-refractivity contribution in [2.75, 3.05) is 11.1 Å². The molecule has 1 atom stereocenters. The third kappa shape index (κ3) is 7.68. The lowest BCUT2D eigenvalue weighted by atomic mass is 10.0. The van der Waals surface area contributed by atoms with Gasteiger partial charge in [-0.05, 0) is 48.7 Å². The molecule has 0 aliphatic heterocycles. The Kier molecular flexibility index (Phi) is 9.94. The smallest absolute Gasteiger partial charge is 0.253 e. The normalized spacial score (nSPS) is 11.8. The quantitative estimate of drug-likeness (QED) is 0.212. The third-order valence-corrected chi connectivity index (χ3v) is 6.79. The van der Waals surface area contributed by atoms with E-state index in [1.165, 1.54) is 11.8 Å². The van der Waals surface area contributed by atoms with Crippen molar-refractivity contribution in [3.05, 3.63) is 82.1 Å². The second-order valence-corrected chi connectivity index (χ2v) is 10.5. The summed E-state index contributed by atoms with van der Waals surface area (Å²) in [6.07, 6.45) is 2.39. The van der Waals surface area contributed by atoms with Gasteiger partial charge in [-0.15, -0.1) is 16.8 Å². The Balaban J connectivity index is 1.77. The number of carbonyl (C=O) groups excluding carboxylic acids is 2. The van der Waals surface area contributed by atoms with Crippen LogP contribution in [0.25, 0.3) is 0 Å². The van der Waals surface area contributed by atoms with E-state index in [1.807, 2.05) is 28.8 Å². The molecule has 0 aliphatic rings. The summed E-state index contributed by atoms with van der Waals surface area (Å²) >= 11 is 10.9. The number of anilines is 1. The fourth-order valence-corrected chi connectivity index (χ4v) is 4.65. The Bertz CT molecular complexity index is 1180. The molecule has 0 saturated heterocycles. The number of aromatic nitrogens is 3. The number of benzene rings is 2. The van der Waals surface area contributed by atoms with Crippen LogP contribution in [-0.4, -0.2) is 32.3 Å². The minimum Gasteiger partial charge on any atom is -0.342 e. The molecular formula is C25H27BrClN5O2S. The number of thioether (sulfide) groups is 1. The van der Waals surface area contributed by atoms with Crippen molar-refractivity contribution in [1.82, 2.24) is 20.1 Å². The van der Waals surface area contributed by atoms with Gasteiger partial charge in [0.15, 0.2) is 11.0 Å². The number of nitrogens with zero attached hydrogens (tertiary/aromatic N) is 3. The van der Waals surface area contributed by atoms with Crippen LogP contribution in [0.2, 0.25) is 5.02 Å². The van der Waals surface area contributed by atoms with Crippen LogP contribution in [0.4, 0.5) is 5.69 Å². The lowest BCUT2D eigenvalue weighted by molar-refractivity contribution is -0.113. The van der Waals surface area contributed by atoms with Gasteiger partial charge in [-0.25, -0.2) is 0 Å². The zero-order valence-corrected chi connectivity index (χ0v) is 22.7. The van der Waals surface area contributed by atoms with Crippen LogP contribution < -0.4 is 10.6 Å². The molecule has 0 spiro atoms. The largest absolute Gasteiger partial charge is 0.342 e. The van der Waals surface area contributed by atoms with E-state index in [0.717, 1.165) is 4.47 Å². The van der Waals surface area contributed by atoms with Crippen LogP contribution in [0.3, 0.4) is 0 Å². The molecule has 7 nitrogen and oxygen atoms in total. The molecule has 0 fully saturated rings. The molecule has 10 heteroatoms. The molecule has 0 saturated carbocycles. The zero-order valence-electron chi connectivity index (χ0n) is 19.5. The van der Waals surface area contributed by atoms with Gasteiger partial charge in [0.05, 0.1) is 22.4 Å². The Morgan fingerprint density at radius 3 is 2.54 bits per heavy atom. The van der Waals surface area contributed by atoms with E-state index in [-0.39, 0.29) is 23.5 Å².